The van der Waals surface area contributed by atoms with Gasteiger partial charge in [-0.05, 0) is 112 Å². The Kier molecular flexibility index (Phi) is 10.4. The summed E-state index contributed by atoms with van der Waals surface area (Å²) in [5, 5.41) is 9.02. The summed E-state index contributed by atoms with van der Waals surface area (Å²) >= 11 is 7.05. The highest BCUT2D eigenvalue weighted by Gasteiger charge is 2.31. The van der Waals surface area contributed by atoms with Gasteiger partial charge in [0.05, 0.1) is 56.1 Å². The number of esters is 1. The Morgan fingerprint density at radius 2 is 1.82 bits per heavy atom. The summed E-state index contributed by atoms with van der Waals surface area (Å²) in [7, 11) is 1.30. The molecule has 0 amide bonds. The van der Waals surface area contributed by atoms with E-state index in [0.29, 0.717) is 57.5 Å². The van der Waals surface area contributed by atoms with Crippen LogP contribution in [0.2, 0.25) is 0 Å². The van der Waals surface area contributed by atoms with Gasteiger partial charge in [0.2, 0.25) is 0 Å². The molecule has 0 bridgehead atoms. The maximum absolute atomic E-state index is 14.0. The lowest BCUT2D eigenvalue weighted by atomic mass is 9.97. The van der Waals surface area contributed by atoms with E-state index in [0.717, 1.165) is 19.2 Å². The molecule has 0 fully saturated rings. The Hall–Kier alpha value is -3.93. The number of hydrogen-bond acceptors (Lipinski definition) is 9. The molecule has 0 N–H and O–H groups in total. The molecule has 2 heterocycles. The number of carbonyl (C=O) groups is 1. The van der Waals surface area contributed by atoms with E-state index < -0.39 is 12.0 Å². The van der Waals surface area contributed by atoms with E-state index in [2.05, 4.69) is 49.6 Å². The van der Waals surface area contributed by atoms with Gasteiger partial charge in [-0.2, -0.15) is 5.26 Å². The number of ether oxygens (including phenoxy) is 4. The molecule has 0 saturated carbocycles. The third-order valence-corrected chi connectivity index (χ3v) is 9.18. The van der Waals surface area contributed by atoms with Gasteiger partial charge in [0.25, 0.3) is 5.56 Å². The molecule has 9 nitrogen and oxygen atoms in total. The SMILES string of the molecule is CCOc1ccc([C@@H]2C(C(=O)OC)=CN=c3s/c(=C/c4cc(Br)c(OCc5ccc(C#N)cc5)c(I)c4)c(=O)n32)cc1OCC. The molecule has 0 saturated heterocycles. The number of aromatic nitrogens is 1. The van der Waals surface area contributed by atoms with Crippen LogP contribution in [0.5, 0.6) is 17.2 Å². The van der Waals surface area contributed by atoms with Crippen molar-refractivity contribution in [2.45, 2.75) is 26.5 Å². The molecule has 1 aliphatic rings. The van der Waals surface area contributed by atoms with Crippen molar-refractivity contribution in [2.75, 3.05) is 20.3 Å². The fourth-order valence-electron chi connectivity index (χ4n) is 4.77. The van der Waals surface area contributed by atoms with Gasteiger partial charge < -0.3 is 18.9 Å². The fraction of sp³-hybridized carbons (Fsp3) is 0.212. The van der Waals surface area contributed by atoms with E-state index in [1.807, 2.05) is 44.2 Å². The fourth-order valence-corrected chi connectivity index (χ4v) is 7.51. The van der Waals surface area contributed by atoms with Crippen molar-refractivity contribution in [1.82, 2.24) is 4.57 Å². The number of benzene rings is 3. The number of nitrogens with zero attached hydrogens (tertiary/aromatic N) is 3. The lowest BCUT2D eigenvalue weighted by Gasteiger charge is -2.23. The van der Waals surface area contributed by atoms with Crippen molar-refractivity contribution in [3.63, 3.8) is 0 Å². The summed E-state index contributed by atoms with van der Waals surface area (Å²) in [6.07, 6.45) is 3.26. The smallest absolute Gasteiger partial charge is 0.337 e. The van der Waals surface area contributed by atoms with Crippen molar-refractivity contribution >= 4 is 61.9 Å². The average Bonchev–Trinajstić information content (AvgIpc) is 3.35. The Balaban J connectivity index is 1.52. The first-order chi connectivity index (χ1) is 21.8. The van der Waals surface area contributed by atoms with Gasteiger partial charge in [-0.3, -0.25) is 9.36 Å². The van der Waals surface area contributed by atoms with Crippen LogP contribution in [0.4, 0.5) is 0 Å². The number of nitriles is 1. The zero-order chi connectivity index (χ0) is 32.1. The van der Waals surface area contributed by atoms with Gasteiger partial charge in [-0.25, -0.2) is 9.79 Å². The van der Waals surface area contributed by atoms with E-state index in [-0.39, 0.29) is 11.1 Å². The van der Waals surface area contributed by atoms with Crippen LogP contribution in [0.15, 0.2) is 80.6 Å². The van der Waals surface area contributed by atoms with Crippen LogP contribution >= 0.6 is 49.9 Å². The summed E-state index contributed by atoms with van der Waals surface area (Å²) in [5.41, 5.74) is 2.89. The molecule has 4 aromatic rings. The first-order valence-corrected chi connectivity index (χ1v) is 16.6. The molecule has 0 aliphatic carbocycles. The zero-order valence-corrected chi connectivity index (χ0v) is 29.1. The monoisotopic (exact) mass is 799 g/mol. The molecule has 1 aromatic heterocycles. The number of halogens is 2. The molecule has 1 aliphatic heterocycles. The summed E-state index contributed by atoms with van der Waals surface area (Å²) < 4.78 is 26.2. The average molecular weight is 800 g/mol. The molecule has 5 rings (SSSR count). The van der Waals surface area contributed by atoms with E-state index in [9.17, 15) is 9.59 Å². The van der Waals surface area contributed by atoms with Gasteiger partial charge >= 0.3 is 5.97 Å². The van der Waals surface area contributed by atoms with E-state index in [4.69, 9.17) is 24.2 Å². The molecule has 230 valence electrons. The topological polar surface area (TPSA) is 112 Å². The van der Waals surface area contributed by atoms with Crippen LogP contribution in [0.1, 0.15) is 42.1 Å². The van der Waals surface area contributed by atoms with Crippen molar-refractivity contribution in [3.05, 3.63) is 116 Å². The quantitative estimate of drug-likeness (QED) is 0.151. The molecular formula is C33H27BrIN3O6S. The highest BCUT2D eigenvalue weighted by atomic mass is 127. The molecule has 3 aromatic carbocycles. The minimum atomic E-state index is -0.782. The number of carbonyl (C=O) groups excluding carboxylic acids is 1. The zero-order valence-electron chi connectivity index (χ0n) is 24.5. The van der Waals surface area contributed by atoms with Crippen molar-refractivity contribution in [2.24, 2.45) is 4.99 Å². The molecule has 12 heteroatoms. The van der Waals surface area contributed by atoms with Crippen LogP contribution in [0, 0.1) is 14.9 Å². The molecule has 0 unspecified atom stereocenters. The third kappa shape index (κ3) is 7.00. The second-order valence-corrected chi connectivity index (χ2v) is 12.7. The molecular weight excluding hydrogens is 773 g/mol. The first kappa shape index (κ1) is 32.5. The molecule has 45 heavy (non-hydrogen) atoms. The highest BCUT2D eigenvalue weighted by molar-refractivity contribution is 14.1. The van der Waals surface area contributed by atoms with Gasteiger partial charge in [0, 0.05) is 6.20 Å². The van der Waals surface area contributed by atoms with Crippen LogP contribution in [0.3, 0.4) is 0 Å². The van der Waals surface area contributed by atoms with Crippen LogP contribution in [-0.2, 0) is 16.1 Å². The Labute approximate surface area is 285 Å². The minimum Gasteiger partial charge on any atom is -0.490 e. The Morgan fingerprint density at radius 1 is 1.09 bits per heavy atom. The van der Waals surface area contributed by atoms with E-state index in [1.165, 1.54) is 29.2 Å². The minimum absolute atomic E-state index is 0.226. The maximum atomic E-state index is 14.0. The number of fused-ring (bicyclic) bond motifs is 1. The van der Waals surface area contributed by atoms with Crippen LogP contribution in [0.25, 0.3) is 6.08 Å². The number of hydrogen-bond donors (Lipinski definition) is 0. The predicted octanol–water partition coefficient (Wildman–Crippen LogP) is 5.63. The van der Waals surface area contributed by atoms with Crippen molar-refractivity contribution < 1.29 is 23.7 Å². The van der Waals surface area contributed by atoms with Crippen molar-refractivity contribution in [3.8, 4) is 23.3 Å². The Bertz CT molecular complexity index is 1990. The predicted molar refractivity (Wildman–Crippen MR) is 182 cm³/mol. The van der Waals surface area contributed by atoms with Crippen molar-refractivity contribution in [1.29, 1.82) is 5.26 Å². The molecule has 0 radical (unpaired) electrons. The maximum Gasteiger partial charge on any atom is 0.337 e. The lowest BCUT2D eigenvalue weighted by molar-refractivity contribution is -0.136. The highest BCUT2D eigenvalue weighted by Crippen LogP contribution is 2.35. The van der Waals surface area contributed by atoms with Gasteiger partial charge in [0.1, 0.15) is 12.4 Å². The lowest BCUT2D eigenvalue weighted by Crippen LogP contribution is -2.39. The number of methoxy groups -OCH3 is 1. The number of rotatable bonds is 10. The standard InChI is InChI=1S/C33H27BrIN3O6S/c1-4-42-26-11-10-22(15-27(26)43-5-2)29-23(32(40)41-3)17-37-33-38(29)31(39)28(45-33)14-21-12-24(34)30(25(35)13-21)44-18-20-8-6-19(16-36)7-9-20/h6-15,17,29H,4-5,18H2,1-3H3/b28-14+/t29-/m1/s1. The third-order valence-electron chi connectivity index (χ3n) is 6.79. The second kappa shape index (κ2) is 14.4. The van der Waals surface area contributed by atoms with E-state index >= 15 is 0 Å². The van der Waals surface area contributed by atoms with Crippen LogP contribution in [-0.4, -0.2) is 30.9 Å². The van der Waals surface area contributed by atoms with Gasteiger partial charge in [-0.1, -0.05) is 29.5 Å². The normalized spacial score (nSPS) is 14.1. The van der Waals surface area contributed by atoms with E-state index in [1.54, 1.807) is 30.3 Å². The largest absolute Gasteiger partial charge is 0.490 e. The summed E-state index contributed by atoms with van der Waals surface area (Å²) in [6.45, 7) is 4.97. The molecule has 1 atom stereocenters. The summed E-state index contributed by atoms with van der Waals surface area (Å²) in [4.78, 5) is 31.7. The Morgan fingerprint density at radius 3 is 2.49 bits per heavy atom. The number of thiazole rings is 1. The molecule has 0 spiro atoms. The van der Waals surface area contributed by atoms with Gasteiger partial charge in [-0.15, -0.1) is 0 Å². The van der Waals surface area contributed by atoms with Crippen LogP contribution < -0.4 is 29.1 Å². The summed E-state index contributed by atoms with van der Waals surface area (Å²) in [5.74, 6) is 1.17. The second-order valence-electron chi connectivity index (χ2n) is 9.66. The summed E-state index contributed by atoms with van der Waals surface area (Å²) in [6, 6.07) is 17.7. The first-order valence-electron chi connectivity index (χ1n) is 13.9. The van der Waals surface area contributed by atoms with Gasteiger partial charge in [0.15, 0.2) is 16.3 Å².